The van der Waals surface area contributed by atoms with Gasteiger partial charge in [-0.3, -0.25) is 4.79 Å². The quantitative estimate of drug-likeness (QED) is 0.572. The number of ketones is 1. The standard InChI is InChI=1S/C7H14O3/c1-6(10)7(2-4-8)3-5-9/h7-9H,2-5H2,1H3. The van der Waals surface area contributed by atoms with Crippen LogP contribution >= 0.6 is 0 Å². The number of hydrogen-bond donors (Lipinski definition) is 2. The number of aliphatic hydroxyl groups excluding tert-OH is 2. The van der Waals surface area contributed by atoms with Gasteiger partial charge in [-0.25, -0.2) is 0 Å². The maximum absolute atomic E-state index is 10.7. The van der Waals surface area contributed by atoms with Gasteiger partial charge in [0, 0.05) is 19.1 Å². The molecule has 0 aliphatic carbocycles. The Hall–Kier alpha value is -0.410. The van der Waals surface area contributed by atoms with E-state index < -0.39 is 0 Å². The third kappa shape index (κ3) is 3.58. The fourth-order valence-electron chi connectivity index (χ4n) is 0.863. The summed E-state index contributed by atoms with van der Waals surface area (Å²) in [6, 6.07) is 0. The van der Waals surface area contributed by atoms with Crippen molar-refractivity contribution in [1.29, 1.82) is 0 Å². The molecule has 0 aromatic heterocycles. The number of carbonyl (C=O) groups excluding carboxylic acids is 1. The van der Waals surface area contributed by atoms with Crippen LogP contribution in [0.2, 0.25) is 0 Å². The number of rotatable bonds is 5. The lowest BCUT2D eigenvalue weighted by molar-refractivity contribution is -0.121. The Morgan fingerprint density at radius 1 is 1.30 bits per heavy atom. The van der Waals surface area contributed by atoms with Gasteiger partial charge in [-0.2, -0.15) is 0 Å². The molecule has 3 nitrogen and oxygen atoms in total. The number of aliphatic hydroxyl groups is 2. The Labute approximate surface area is 60.7 Å². The molecule has 60 valence electrons. The van der Waals surface area contributed by atoms with Crippen molar-refractivity contribution in [2.24, 2.45) is 5.92 Å². The van der Waals surface area contributed by atoms with Crippen LogP contribution in [-0.2, 0) is 4.79 Å². The van der Waals surface area contributed by atoms with Gasteiger partial charge >= 0.3 is 0 Å². The second-order valence-electron chi connectivity index (χ2n) is 2.33. The normalized spacial score (nSPS) is 10.4. The molecule has 0 rings (SSSR count). The van der Waals surface area contributed by atoms with Gasteiger partial charge in [-0.15, -0.1) is 0 Å². The minimum atomic E-state index is -0.157. The molecule has 3 heteroatoms. The Kier molecular flexibility index (Phi) is 5.16. The van der Waals surface area contributed by atoms with Crippen molar-refractivity contribution in [2.75, 3.05) is 13.2 Å². The molecular weight excluding hydrogens is 132 g/mol. The Bertz CT molecular complexity index is 95.0. The van der Waals surface area contributed by atoms with E-state index in [1.165, 1.54) is 6.92 Å². The van der Waals surface area contributed by atoms with Gasteiger partial charge in [0.2, 0.25) is 0 Å². The zero-order valence-corrected chi connectivity index (χ0v) is 6.21. The average molecular weight is 146 g/mol. The van der Waals surface area contributed by atoms with Crippen molar-refractivity contribution in [3.8, 4) is 0 Å². The molecule has 0 aromatic carbocycles. The summed E-state index contributed by atoms with van der Waals surface area (Å²) in [5.41, 5.74) is 0. The molecule has 0 unspecified atom stereocenters. The van der Waals surface area contributed by atoms with E-state index in [4.69, 9.17) is 10.2 Å². The van der Waals surface area contributed by atoms with Gasteiger partial charge in [0.1, 0.15) is 5.78 Å². The molecule has 0 aliphatic rings. The van der Waals surface area contributed by atoms with Gasteiger partial charge in [0.15, 0.2) is 0 Å². The maximum Gasteiger partial charge on any atom is 0.133 e. The minimum absolute atomic E-state index is 0.0181. The second-order valence-corrected chi connectivity index (χ2v) is 2.33. The molecule has 0 amide bonds. The molecule has 0 radical (unpaired) electrons. The van der Waals surface area contributed by atoms with Gasteiger partial charge in [0.05, 0.1) is 0 Å². The zero-order chi connectivity index (χ0) is 7.98. The Morgan fingerprint density at radius 2 is 1.70 bits per heavy atom. The SMILES string of the molecule is CC(=O)C(CCO)CCO. The molecule has 10 heavy (non-hydrogen) atoms. The predicted octanol–water partition coefficient (Wildman–Crippen LogP) is -0.0436. The molecule has 0 heterocycles. The van der Waals surface area contributed by atoms with Crippen LogP contribution in [0.5, 0.6) is 0 Å². The minimum Gasteiger partial charge on any atom is -0.396 e. The fraction of sp³-hybridized carbons (Fsp3) is 0.857. The van der Waals surface area contributed by atoms with Gasteiger partial charge in [-0.1, -0.05) is 0 Å². The van der Waals surface area contributed by atoms with Crippen LogP contribution in [0.3, 0.4) is 0 Å². The zero-order valence-electron chi connectivity index (χ0n) is 6.21. The highest BCUT2D eigenvalue weighted by Gasteiger charge is 2.11. The average Bonchev–Trinajstić information content (AvgIpc) is 1.87. The Balaban J connectivity index is 3.61. The summed E-state index contributed by atoms with van der Waals surface area (Å²) in [5.74, 6) is -0.113. The van der Waals surface area contributed by atoms with Gasteiger partial charge in [-0.05, 0) is 19.8 Å². The van der Waals surface area contributed by atoms with Crippen molar-refractivity contribution in [3.05, 3.63) is 0 Å². The van der Waals surface area contributed by atoms with Crippen LogP contribution in [0, 0.1) is 5.92 Å². The molecule has 0 aromatic rings. The monoisotopic (exact) mass is 146 g/mol. The van der Waals surface area contributed by atoms with E-state index in [-0.39, 0.29) is 24.9 Å². The van der Waals surface area contributed by atoms with Crippen LogP contribution in [0.25, 0.3) is 0 Å². The molecule has 0 atom stereocenters. The molecule has 0 bridgehead atoms. The number of hydrogen-bond acceptors (Lipinski definition) is 3. The summed E-state index contributed by atoms with van der Waals surface area (Å²) in [6.07, 6.45) is 0.936. The van der Waals surface area contributed by atoms with Gasteiger partial charge < -0.3 is 10.2 Å². The summed E-state index contributed by atoms with van der Waals surface area (Å²) in [6.45, 7) is 1.52. The summed E-state index contributed by atoms with van der Waals surface area (Å²) in [4.78, 5) is 10.7. The van der Waals surface area contributed by atoms with Crippen LogP contribution in [0.1, 0.15) is 19.8 Å². The van der Waals surface area contributed by atoms with E-state index >= 15 is 0 Å². The topological polar surface area (TPSA) is 57.5 Å². The first kappa shape index (κ1) is 9.59. The predicted molar refractivity (Wildman–Crippen MR) is 37.6 cm³/mol. The van der Waals surface area contributed by atoms with Crippen molar-refractivity contribution < 1.29 is 15.0 Å². The molecule has 2 N–H and O–H groups in total. The third-order valence-corrected chi connectivity index (χ3v) is 1.53. The van der Waals surface area contributed by atoms with E-state index in [1.54, 1.807) is 0 Å². The van der Waals surface area contributed by atoms with Crippen molar-refractivity contribution >= 4 is 5.78 Å². The smallest absolute Gasteiger partial charge is 0.133 e. The third-order valence-electron chi connectivity index (χ3n) is 1.53. The maximum atomic E-state index is 10.7. The van der Waals surface area contributed by atoms with E-state index in [2.05, 4.69) is 0 Å². The van der Waals surface area contributed by atoms with Crippen LogP contribution in [-0.4, -0.2) is 29.2 Å². The van der Waals surface area contributed by atoms with E-state index in [0.29, 0.717) is 12.8 Å². The highest BCUT2D eigenvalue weighted by molar-refractivity contribution is 5.78. The molecule has 0 fully saturated rings. The molecule has 0 saturated heterocycles. The van der Waals surface area contributed by atoms with Gasteiger partial charge in [0.25, 0.3) is 0 Å². The molecule has 0 saturated carbocycles. The highest BCUT2D eigenvalue weighted by atomic mass is 16.3. The number of Topliss-reactive ketones (excluding diaryl/α,β-unsaturated/α-hetero) is 1. The van der Waals surface area contributed by atoms with Crippen LogP contribution in [0.4, 0.5) is 0 Å². The van der Waals surface area contributed by atoms with E-state index in [0.717, 1.165) is 0 Å². The first-order valence-corrected chi connectivity index (χ1v) is 3.44. The van der Waals surface area contributed by atoms with Crippen LogP contribution in [0.15, 0.2) is 0 Å². The molecule has 0 aliphatic heterocycles. The molecule has 0 spiro atoms. The van der Waals surface area contributed by atoms with E-state index in [9.17, 15) is 4.79 Å². The number of carbonyl (C=O) groups is 1. The van der Waals surface area contributed by atoms with E-state index in [1.807, 2.05) is 0 Å². The summed E-state index contributed by atoms with van der Waals surface area (Å²) in [5, 5.41) is 17.0. The lowest BCUT2D eigenvalue weighted by Gasteiger charge is -2.08. The summed E-state index contributed by atoms with van der Waals surface area (Å²) < 4.78 is 0. The first-order chi connectivity index (χ1) is 4.72. The van der Waals surface area contributed by atoms with Crippen molar-refractivity contribution in [2.45, 2.75) is 19.8 Å². The molecular formula is C7H14O3. The van der Waals surface area contributed by atoms with Crippen LogP contribution < -0.4 is 0 Å². The fourth-order valence-corrected chi connectivity index (χ4v) is 0.863. The lowest BCUT2D eigenvalue weighted by atomic mass is 9.98. The largest absolute Gasteiger partial charge is 0.396 e. The Morgan fingerprint density at radius 3 is 1.90 bits per heavy atom. The van der Waals surface area contributed by atoms with Crippen molar-refractivity contribution in [3.63, 3.8) is 0 Å². The highest BCUT2D eigenvalue weighted by Crippen LogP contribution is 2.07. The summed E-state index contributed by atoms with van der Waals surface area (Å²) >= 11 is 0. The first-order valence-electron chi connectivity index (χ1n) is 3.44. The van der Waals surface area contributed by atoms with Crippen molar-refractivity contribution in [1.82, 2.24) is 0 Å². The summed E-state index contributed by atoms with van der Waals surface area (Å²) in [7, 11) is 0. The second kappa shape index (κ2) is 5.38. The lowest BCUT2D eigenvalue weighted by Crippen LogP contribution is -2.14.